The molecular weight excluding hydrogens is 500 g/mol. The lowest BCUT2D eigenvalue weighted by Gasteiger charge is -2.25. The van der Waals surface area contributed by atoms with Crippen LogP contribution in [0.1, 0.15) is 12.0 Å². The van der Waals surface area contributed by atoms with Gasteiger partial charge in [-0.2, -0.15) is 0 Å². The van der Waals surface area contributed by atoms with Gasteiger partial charge in [-0.25, -0.2) is 23.1 Å². The Morgan fingerprint density at radius 1 is 1.03 bits per heavy atom. The molecule has 38 heavy (non-hydrogen) atoms. The summed E-state index contributed by atoms with van der Waals surface area (Å²) in [4.78, 5) is 13.6. The van der Waals surface area contributed by atoms with E-state index in [0.717, 1.165) is 62.6 Å². The van der Waals surface area contributed by atoms with Gasteiger partial charge in [0.25, 0.3) is 0 Å². The second kappa shape index (κ2) is 13.6. The van der Waals surface area contributed by atoms with Crippen molar-refractivity contribution in [2.24, 2.45) is 0 Å². The molecule has 202 valence electrons. The quantitative estimate of drug-likeness (QED) is 0.340. The predicted molar refractivity (Wildman–Crippen MR) is 152 cm³/mol. The fourth-order valence-corrected chi connectivity index (χ4v) is 5.07. The first-order valence-corrected chi connectivity index (χ1v) is 14.3. The molecule has 10 heteroatoms. The van der Waals surface area contributed by atoms with Crippen LogP contribution in [0.4, 0.5) is 11.6 Å². The summed E-state index contributed by atoms with van der Waals surface area (Å²) >= 11 is 0. The number of nitrogens with one attached hydrogen (secondary N) is 2. The number of hydrogen-bond donors (Lipinski definition) is 2. The largest absolute Gasteiger partial charge is 0.379 e. The molecule has 1 aromatic heterocycles. The first-order chi connectivity index (χ1) is 18.4. The Morgan fingerprint density at radius 2 is 1.76 bits per heavy atom. The number of hydrogen-bond acceptors (Lipinski definition) is 8. The molecule has 0 saturated carbocycles. The van der Waals surface area contributed by atoms with E-state index in [2.05, 4.69) is 49.2 Å². The third kappa shape index (κ3) is 8.44. The highest BCUT2D eigenvalue weighted by Gasteiger charge is 2.13. The fourth-order valence-electron chi connectivity index (χ4n) is 4.00. The van der Waals surface area contributed by atoms with Gasteiger partial charge in [0.15, 0.2) is 0 Å². The lowest BCUT2D eigenvalue weighted by atomic mass is 10.1. The Hall–Kier alpha value is -3.15. The number of aromatic nitrogens is 2. The van der Waals surface area contributed by atoms with Crippen LogP contribution in [0.5, 0.6) is 0 Å². The molecule has 2 heterocycles. The smallest absolute Gasteiger partial charge is 0.240 e. The number of benzene rings is 2. The van der Waals surface area contributed by atoms with E-state index in [4.69, 9.17) is 4.74 Å². The van der Waals surface area contributed by atoms with Crippen LogP contribution in [0.25, 0.3) is 17.3 Å². The van der Waals surface area contributed by atoms with Gasteiger partial charge in [0.1, 0.15) is 0 Å². The standard InChI is InChI=1S/C28H36N6O3S/c1-33(2)17-4-15-30-38(35,36)26-12-10-25(11-13-26)31-28-29-16-14-27(32-28)24-8-6-23(7-9-24)5-3-18-34-19-21-37-22-20-34/h3,5-14,16,30H,4,15,17-22H2,1-2H3,(H,29,31,32). The number of morpholine rings is 1. The highest BCUT2D eigenvalue weighted by molar-refractivity contribution is 7.89. The summed E-state index contributed by atoms with van der Waals surface area (Å²) in [5.74, 6) is 0.439. The average Bonchev–Trinajstić information content (AvgIpc) is 2.93. The van der Waals surface area contributed by atoms with Gasteiger partial charge < -0.3 is 15.0 Å². The van der Waals surface area contributed by atoms with Crippen LogP contribution in [0.2, 0.25) is 0 Å². The summed E-state index contributed by atoms with van der Waals surface area (Å²) in [6.07, 6.45) is 6.77. The molecule has 3 aromatic rings. The second-order valence-electron chi connectivity index (χ2n) is 9.41. The molecule has 2 aromatic carbocycles. The van der Waals surface area contributed by atoms with Gasteiger partial charge in [0, 0.05) is 43.6 Å². The lowest BCUT2D eigenvalue weighted by molar-refractivity contribution is 0.0435. The van der Waals surface area contributed by atoms with Gasteiger partial charge in [0.2, 0.25) is 16.0 Å². The molecule has 0 aliphatic carbocycles. The summed E-state index contributed by atoms with van der Waals surface area (Å²) < 4.78 is 33.1. The summed E-state index contributed by atoms with van der Waals surface area (Å²) in [5.41, 5.74) is 3.63. The summed E-state index contributed by atoms with van der Waals surface area (Å²) in [6, 6.07) is 16.7. The number of ether oxygens (including phenoxy) is 1. The van der Waals surface area contributed by atoms with Crippen LogP contribution in [0.15, 0.2) is 71.8 Å². The number of sulfonamides is 1. The van der Waals surface area contributed by atoms with E-state index in [9.17, 15) is 8.42 Å². The van der Waals surface area contributed by atoms with E-state index < -0.39 is 10.0 Å². The van der Waals surface area contributed by atoms with Crippen molar-refractivity contribution in [2.75, 3.05) is 65.3 Å². The van der Waals surface area contributed by atoms with Crippen molar-refractivity contribution in [1.29, 1.82) is 0 Å². The van der Waals surface area contributed by atoms with E-state index in [1.54, 1.807) is 30.5 Å². The molecule has 0 atom stereocenters. The Labute approximate surface area is 225 Å². The highest BCUT2D eigenvalue weighted by atomic mass is 32.2. The van der Waals surface area contributed by atoms with Crippen LogP contribution in [0.3, 0.4) is 0 Å². The fraction of sp³-hybridized carbons (Fsp3) is 0.357. The van der Waals surface area contributed by atoms with E-state index >= 15 is 0 Å². The van der Waals surface area contributed by atoms with Gasteiger partial charge in [-0.3, -0.25) is 4.90 Å². The third-order valence-corrected chi connectivity index (χ3v) is 7.61. The van der Waals surface area contributed by atoms with E-state index in [1.807, 2.05) is 37.2 Å². The topological polar surface area (TPSA) is 99.7 Å². The zero-order valence-corrected chi connectivity index (χ0v) is 22.8. The van der Waals surface area contributed by atoms with Crippen molar-refractivity contribution >= 4 is 27.7 Å². The number of anilines is 2. The molecule has 9 nitrogen and oxygen atoms in total. The number of nitrogens with zero attached hydrogens (tertiary/aromatic N) is 4. The van der Waals surface area contributed by atoms with E-state index in [0.29, 0.717) is 18.2 Å². The Kier molecular flexibility index (Phi) is 9.97. The molecule has 1 aliphatic rings. The van der Waals surface area contributed by atoms with Crippen molar-refractivity contribution in [3.63, 3.8) is 0 Å². The molecule has 4 rings (SSSR count). The molecule has 1 aliphatic heterocycles. The minimum atomic E-state index is -3.55. The molecule has 0 spiro atoms. The third-order valence-electron chi connectivity index (χ3n) is 6.13. The lowest BCUT2D eigenvalue weighted by Crippen LogP contribution is -2.36. The maximum Gasteiger partial charge on any atom is 0.240 e. The van der Waals surface area contributed by atoms with E-state index in [1.165, 1.54) is 0 Å². The summed E-state index contributed by atoms with van der Waals surface area (Å²) in [7, 11) is 0.376. The molecule has 0 radical (unpaired) electrons. The monoisotopic (exact) mass is 536 g/mol. The van der Waals surface area contributed by atoms with Crippen molar-refractivity contribution in [3.05, 3.63) is 72.4 Å². The SMILES string of the molecule is CN(C)CCCNS(=O)(=O)c1ccc(Nc2nccc(-c3ccc(C=CCN4CCOCC4)cc3)n2)cc1. The molecule has 0 bridgehead atoms. The van der Waals surface area contributed by atoms with Crippen molar-refractivity contribution in [2.45, 2.75) is 11.3 Å². The zero-order valence-electron chi connectivity index (χ0n) is 22.0. The Balaban J connectivity index is 1.33. The van der Waals surface area contributed by atoms with Crippen molar-refractivity contribution in [1.82, 2.24) is 24.5 Å². The summed E-state index contributed by atoms with van der Waals surface area (Å²) in [6.45, 7) is 5.71. The molecule has 0 unspecified atom stereocenters. The maximum absolute atomic E-state index is 12.5. The van der Waals surface area contributed by atoms with Crippen LogP contribution in [-0.2, 0) is 14.8 Å². The molecule has 1 saturated heterocycles. The Morgan fingerprint density at radius 3 is 2.47 bits per heavy atom. The minimum absolute atomic E-state index is 0.224. The maximum atomic E-state index is 12.5. The number of rotatable bonds is 12. The normalized spacial score (nSPS) is 14.8. The van der Waals surface area contributed by atoms with Crippen LogP contribution in [0, 0.1) is 0 Å². The molecule has 2 N–H and O–H groups in total. The zero-order chi connectivity index (χ0) is 26.8. The molecule has 0 amide bonds. The van der Waals surface area contributed by atoms with Crippen LogP contribution in [-0.4, -0.2) is 88.2 Å². The van der Waals surface area contributed by atoms with Crippen molar-refractivity contribution in [3.8, 4) is 11.3 Å². The van der Waals surface area contributed by atoms with Crippen LogP contribution >= 0.6 is 0 Å². The minimum Gasteiger partial charge on any atom is -0.379 e. The molecule has 1 fully saturated rings. The first-order valence-electron chi connectivity index (χ1n) is 12.8. The van der Waals surface area contributed by atoms with Gasteiger partial charge in [-0.05, 0) is 63.0 Å². The molecular formula is C28H36N6O3S. The van der Waals surface area contributed by atoms with Crippen molar-refractivity contribution < 1.29 is 13.2 Å². The Bertz CT molecular complexity index is 1290. The van der Waals surface area contributed by atoms with Crippen LogP contribution < -0.4 is 10.0 Å². The van der Waals surface area contributed by atoms with Gasteiger partial charge in [-0.1, -0.05) is 36.4 Å². The van der Waals surface area contributed by atoms with Gasteiger partial charge in [0.05, 0.1) is 23.8 Å². The second-order valence-corrected chi connectivity index (χ2v) is 11.2. The van der Waals surface area contributed by atoms with Gasteiger partial charge in [-0.15, -0.1) is 0 Å². The first kappa shape index (κ1) is 27.9. The predicted octanol–water partition coefficient (Wildman–Crippen LogP) is 3.46. The summed E-state index contributed by atoms with van der Waals surface area (Å²) in [5, 5.41) is 3.16. The highest BCUT2D eigenvalue weighted by Crippen LogP contribution is 2.21. The average molecular weight is 537 g/mol. The van der Waals surface area contributed by atoms with Gasteiger partial charge >= 0.3 is 0 Å². The van der Waals surface area contributed by atoms with E-state index in [-0.39, 0.29) is 4.90 Å².